The zero-order valence-electron chi connectivity index (χ0n) is 10.6. The Morgan fingerprint density at radius 1 is 1.37 bits per heavy atom. The van der Waals surface area contributed by atoms with Gasteiger partial charge in [-0.3, -0.25) is 0 Å². The highest BCUT2D eigenvalue weighted by Gasteiger charge is 2.16. The molecule has 1 aliphatic rings. The van der Waals surface area contributed by atoms with E-state index < -0.39 is 6.10 Å². The summed E-state index contributed by atoms with van der Waals surface area (Å²) in [6.45, 7) is 2.24. The highest BCUT2D eigenvalue weighted by atomic mass is 32.1. The van der Waals surface area contributed by atoms with Crippen LogP contribution in [0.25, 0.3) is 0 Å². The van der Waals surface area contributed by atoms with E-state index in [0.717, 1.165) is 28.4 Å². The monoisotopic (exact) mass is 277 g/mol. The first-order chi connectivity index (χ1) is 9.22. The Labute approximate surface area is 115 Å². The first kappa shape index (κ1) is 12.4. The molecule has 0 bridgehead atoms. The van der Waals surface area contributed by atoms with Crippen LogP contribution >= 0.6 is 11.3 Å². The summed E-state index contributed by atoms with van der Waals surface area (Å²) < 4.78 is 10.6. The van der Waals surface area contributed by atoms with Gasteiger partial charge in [-0.05, 0) is 31.0 Å². The van der Waals surface area contributed by atoms with Gasteiger partial charge in [0.05, 0.1) is 11.1 Å². The molecule has 0 aliphatic carbocycles. The van der Waals surface area contributed by atoms with Crippen LogP contribution in [0.4, 0.5) is 0 Å². The van der Waals surface area contributed by atoms with Crippen molar-refractivity contribution in [1.29, 1.82) is 0 Å². The fraction of sp³-hybridized carbons (Fsp3) is 0.357. The van der Waals surface area contributed by atoms with Crippen molar-refractivity contribution in [3.8, 4) is 11.5 Å². The predicted molar refractivity (Wildman–Crippen MR) is 72.7 cm³/mol. The van der Waals surface area contributed by atoms with E-state index in [4.69, 9.17) is 9.47 Å². The molecule has 100 valence electrons. The van der Waals surface area contributed by atoms with Gasteiger partial charge in [0.25, 0.3) is 0 Å². The normalized spacial score (nSPS) is 14.6. The van der Waals surface area contributed by atoms with Gasteiger partial charge in [0.2, 0.25) is 6.79 Å². The van der Waals surface area contributed by atoms with Crippen LogP contribution < -0.4 is 9.47 Å². The number of nitrogens with zero attached hydrogens (tertiary/aromatic N) is 1. The molecule has 2 aromatic rings. The molecular weight excluding hydrogens is 262 g/mol. The summed E-state index contributed by atoms with van der Waals surface area (Å²) in [6, 6.07) is 5.57. The Bertz CT molecular complexity index is 582. The maximum absolute atomic E-state index is 10.2. The number of aryl methyl sites for hydroxylation is 2. The number of aliphatic hydroxyl groups is 1. The average Bonchev–Trinajstić information content (AvgIpc) is 3.03. The number of thiazole rings is 1. The van der Waals surface area contributed by atoms with Crippen molar-refractivity contribution in [3.05, 3.63) is 39.8 Å². The van der Waals surface area contributed by atoms with Gasteiger partial charge >= 0.3 is 0 Å². The Balaban J connectivity index is 1.65. The standard InChI is InChI=1S/C14H15NO3S/c1-9-7-19-14(15-9)5-3-11(16)10-2-4-12-13(6-10)18-8-17-12/h2,4,6-7,11,16H,3,5,8H2,1H3. The Hall–Kier alpha value is -1.59. The van der Waals surface area contributed by atoms with Gasteiger partial charge in [-0.15, -0.1) is 11.3 Å². The zero-order chi connectivity index (χ0) is 13.2. The molecule has 0 radical (unpaired) electrons. The highest BCUT2D eigenvalue weighted by Crippen LogP contribution is 2.35. The zero-order valence-corrected chi connectivity index (χ0v) is 11.4. The van der Waals surface area contributed by atoms with Crippen molar-refractivity contribution in [2.45, 2.75) is 25.9 Å². The lowest BCUT2D eigenvalue weighted by atomic mass is 10.0. The second-order valence-corrected chi connectivity index (χ2v) is 5.49. The predicted octanol–water partition coefficient (Wildman–Crippen LogP) is 2.85. The molecule has 1 unspecified atom stereocenters. The summed E-state index contributed by atoms with van der Waals surface area (Å²) in [5.41, 5.74) is 1.90. The number of benzene rings is 1. The second kappa shape index (κ2) is 5.19. The van der Waals surface area contributed by atoms with Crippen molar-refractivity contribution < 1.29 is 14.6 Å². The maximum Gasteiger partial charge on any atom is 0.231 e. The van der Waals surface area contributed by atoms with Crippen LogP contribution in [0.3, 0.4) is 0 Å². The first-order valence-electron chi connectivity index (χ1n) is 6.21. The van der Waals surface area contributed by atoms with E-state index in [9.17, 15) is 5.11 Å². The van der Waals surface area contributed by atoms with Crippen molar-refractivity contribution in [2.24, 2.45) is 0 Å². The largest absolute Gasteiger partial charge is 0.454 e. The van der Waals surface area contributed by atoms with Crippen LogP contribution in [0.2, 0.25) is 0 Å². The molecule has 19 heavy (non-hydrogen) atoms. The van der Waals surface area contributed by atoms with E-state index in [-0.39, 0.29) is 6.79 Å². The van der Waals surface area contributed by atoms with Gasteiger partial charge in [-0.1, -0.05) is 6.07 Å². The van der Waals surface area contributed by atoms with Gasteiger partial charge in [-0.2, -0.15) is 0 Å². The van der Waals surface area contributed by atoms with Gasteiger partial charge in [0.1, 0.15) is 0 Å². The summed E-state index contributed by atoms with van der Waals surface area (Å²) in [5.74, 6) is 1.45. The molecular formula is C14H15NO3S. The molecule has 1 atom stereocenters. The van der Waals surface area contributed by atoms with E-state index in [1.165, 1.54) is 0 Å². The molecule has 2 heterocycles. The number of hydrogen-bond acceptors (Lipinski definition) is 5. The van der Waals surface area contributed by atoms with E-state index in [0.29, 0.717) is 12.2 Å². The molecule has 1 aromatic carbocycles. The smallest absolute Gasteiger partial charge is 0.231 e. The lowest BCUT2D eigenvalue weighted by molar-refractivity contribution is 0.165. The molecule has 0 saturated heterocycles. The van der Waals surface area contributed by atoms with Gasteiger partial charge in [0.15, 0.2) is 11.5 Å². The minimum absolute atomic E-state index is 0.257. The van der Waals surface area contributed by atoms with Gasteiger partial charge in [0, 0.05) is 17.5 Å². The van der Waals surface area contributed by atoms with Gasteiger partial charge in [-0.25, -0.2) is 4.98 Å². The van der Waals surface area contributed by atoms with E-state index in [1.807, 2.05) is 30.5 Å². The number of ether oxygens (including phenoxy) is 2. The number of hydrogen-bond donors (Lipinski definition) is 1. The van der Waals surface area contributed by atoms with Crippen LogP contribution in [0.15, 0.2) is 23.6 Å². The number of fused-ring (bicyclic) bond motifs is 1. The van der Waals surface area contributed by atoms with E-state index >= 15 is 0 Å². The number of aromatic nitrogens is 1. The van der Waals surface area contributed by atoms with Gasteiger partial charge < -0.3 is 14.6 Å². The minimum atomic E-state index is -0.501. The van der Waals surface area contributed by atoms with Crippen molar-refractivity contribution >= 4 is 11.3 Å². The molecule has 0 amide bonds. The number of rotatable bonds is 4. The summed E-state index contributed by atoms with van der Waals surface area (Å²) >= 11 is 1.64. The lowest BCUT2D eigenvalue weighted by Gasteiger charge is -2.10. The van der Waals surface area contributed by atoms with Crippen LogP contribution in [0, 0.1) is 6.92 Å². The van der Waals surface area contributed by atoms with E-state index in [2.05, 4.69) is 4.98 Å². The van der Waals surface area contributed by atoms with Crippen LogP contribution in [-0.2, 0) is 6.42 Å². The van der Waals surface area contributed by atoms with Crippen LogP contribution in [0.5, 0.6) is 11.5 Å². The molecule has 0 fully saturated rings. The van der Waals surface area contributed by atoms with Crippen molar-refractivity contribution in [3.63, 3.8) is 0 Å². The second-order valence-electron chi connectivity index (χ2n) is 4.55. The molecule has 1 aliphatic heterocycles. The minimum Gasteiger partial charge on any atom is -0.454 e. The summed E-state index contributed by atoms with van der Waals surface area (Å²) in [6.07, 6.45) is 0.944. The Morgan fingerprint density at radius 3 is 3.00 bits per heavy atom. The molecule has 3 rings (SSSR count). The Morgan fingerprint density at radius 2 is 2.21 bits per heavy atom. The first-order valence-corrected chi connectivity index (χ1v) is 7.09. The topological polar surface area (TPSA) is 51.6 Å². The fourth-order valence-electron chi connectivity index (χ4n) is 2.06. The third-order valence-electron chi connectivity index (χ3n) is 3.08. The summed E-state index contributed by atoms with van der Waals surface area (Å²) in [7, 11) is 0. The lowest BCUT2D eigenvalue weighted by Crippen LogP contribution is -1.99. The van der Waals surface area contributed by atoms with Crippen molar-refractivity contribution in [2.75, 3.05) is 6.79 Å². The SMILES string of the molecule is Cc1csc(CCC(O)c2ccc3c(c2)OCO3)n1. The third-order valence-corrected chi connectivity index (χ3v) is 4.11. The maximum atomic E-state index is 10.2. The van der Waals surface area contributed by atoms with Crippen LogP contribution in [-0.4, -0.2) is 16.9 Å². The molecule has 5 heteroatoms. The summed E-state index contributed by atoms with van der Waals surface area (Å²) in [4.78, 5) is 4.40. The highest BCUT2D eigenvalue weighted by molar-refractivity contribution is 7.09. The van der Waals surface area contributed by atoms with Crippen LogP contribution in [0.1, 0.15) is 28.8 Å². The molecule has 4 nitrogen and oxygen atoms in total. The molecule has 1 aromatic heterocycles. The molecule has 1 N–H and O–H groups in total. The fourth-order valence-corrected chi connectivity index (χ4v) is 2.86. The Kier molecular flexibility index (Phi) is 3.40. The summed E-state index contributed by atoms with van der Waals surface area (Å²) in [5, 5.41) is 13.3. The number of aliphatic hydroxyl groups excluding tert-OH is 1. The average molecular weight is 277 g/mol. The third kappa shape index (κ3) is 2.72. The van der Waals surface area contributed by atoms with E-state index in [1.54, 1.807) is 11.3 Å². The molecule has 0 saturated carbocycles. The van der Waals surface area contributed by atoms with Crippen molar-refractivity contribution in [1.82, 2.24) is 4.98 Å². The molecule has 0 spiro atoms. The quantitative estimate of drug-likeness (QED) is 0.933.